The van der Waals surface area contributed by atoms with Gasteiger partial charge in [-0.2, -0.15) is 0 Å². The van der Waals surface area contributed by atoms with Crippen LogP contribution in [0.3, 0.4) is 0 Å². The van der Waals surface area contributed by atoms with Gasteiger partial charge in [-0.1, -0.05) is 49.5 Å². The summed E-state index contributed by atoms with van der Waals surface area (Å²) in [7, 11) is -1.39. The van der Waals surface area contributed by atoms with Crippen LogP contribution in [-0.2, 0) is 4.79 Å². The molecule has 0 saturated heterocycles. The minimum Gasteiger partial charge on any atom is -0.314 e. The summed E-state index contributed by atoms with van der Waals surface area (Å²) in [6.07, 6.45) is 4.51. The Balaban J connectivity index is 2.84. The maximum absolute atomic E-state index is 11.4. The van der Waals surface area contributed by atoms with E-state index in [0.29, 0.717) is 6.42 Å². The highest BCUT2D eigenvalue weighted by Crippen LogP contribution is 2.39. The van der Waals surface area contributed by atoms with Gasteiger partial charge in [0.15, 0.2) is 0 Å². The molecule has 1 amide bonds. The minimum atomic E-state index is -1.39. The highest BCUT2D eigenvalue weighted by molar-refractivity contribution is 8.48. The average Bonchev–Trinajstić information content (AvgIpc) is 2.28. The number of amides is 1. The molecular formula is C12H17NOS2. The van der Waals surface area contributed by atoms with Gasteiger partial charge in [-0.15, -0.1) is 10.2 Å². The fraction of sp³-hybridized carbons (Fsp3) is 0.333. The lowest BCUT2D eigenvalue weighted by Gasteiger charge is -2.33. The van der Waals surface area contributed by atoms with Crippen molar-refractivity contribution in [1.29, 1.82) is 0 Å². The molecule has 2 nitrogen and oxygen atoms in total. The molecule has 0 spiro atoms. The molecule has 0 radical (unpaired) electrons. The minimum absolute atomic E-state index is 0.0540. The van der Waals surface area contributed by atoms with Crippen LogP contribution in [0.1, 0.15) is 18.9 Å². The summed E-state index contributed by atoms with van der Waals surface area (Å²) in [5.74, 6) is 0.0540. The Kier molecular flexibility index (Phi) is 4.50. The van der Waals surface area contributed by atoms with Crippen molar-refractivity contribution in [1.82, 2.24) is 4.72 Å². The zero-order chi connectivity index (χ0) is 12.2. The molecule has 16 heavy (non-hydrogen) atoms. The number of carbonyl (C=O) groups excluding carboxylic acids is 1. The number of rotatable bonds is 2. The Bertz CT molecular complexity index is 387. The van der Waals surface area contributed by atoms with Crippen LogP contribution >= 0.6 is 22.4 Å². The molecule has 0 bridgehead atoms. The molecule has 0 aliphatic heterocycles. The highest BCUT2D eigenvalue weighted by Gasteiger charge is 2.20. The number of hydrogen-bond acceptors (Lipinski definition) is 2. The SMILES string of the molecule is CCC(=O)NS(C)(C)C(=S)c1ccccc1. The van der Waals surface area contributed by atoms with Crippen molar-refractivity contribution in [3.63, 3.8) is 0 Å². The van der Waals surface area contributed by atoms with Gasteiger partial charge in [-0.05, 0) is 18.1 Å². The first-order chi connectivity index (χ1) is 7.47. The molecule has 0 heterocycles. The normalized spacial score (nSPS) is 11.9. The van der Waals surface area contributed by atoms with Crippen molar-refractivity contribution < 1.29 is 4.79 Å². The number of benzene rings is 1. The molecule has 1 rings (SSSR count). The van der Waals surface area contributed by atoms with E-state index in [0.717, 1.165) is 9.76 Å². The van der Waals surface area contributed by atoms with Crippen LogP contribution in [0.25, 0.3) is 0 Å². The predicted molar refractivity (Wildman–Crippen MR) is 76.0 cm³/mol. The lowest BCUT2D eigenvalue weighted by Crippen LogP contribution is -2.30. The lowest BCUT2D eigenvalue weighted by molar-refractivity contribution is -0.118. The third-order valence-electron chi connectivity index (χ3n) is 2.16. The van der Waals surface area contributed by atoms with E-state index in [1.165, 1.54) is 0 Å². The van der Waals surface area contributed by atoms with Gasteiger partial charge < -0.3 is 4.72 Å². The van der Waals surface area contributed by atoms with Crippen molar-refractivity contribution >= 4 is 32.5 Å². The molecule has 0 aromatic heterocycles. The van der Waals surface area contributed by atoms with Gasteiger partial charge in [-0.3, -0.25) is 4.79 Å². The maximum Gasteiger partial charge on any atom is 0.228 e. The van der Waals surface area contributed by atoms with Gasteiger partial charge >= 0.3 is 0 Å². The second kappa shape index (κ2) is 5.46. The summed E-state index contributed by atoms with van der Waals surface area (Å²) in [6, 6.07) is 9.83. The average molecular weight is 255 g/mol. The molecule has 0 aliphatic carbocycles. The molecule has 88 valence electrons. The third-order valence-corrected chi connectivity index (χ3v) is 5.55. The Labute approximate surface area is 104 Å². The Morgan fingerprint density at radius 2 is 1.88 bits per heavy atom. The zero-order valence-corrected chi connectivity index (χ0v) is 11.5. The molecule has 1 N–H and O–H groups in total. The van der Waals surface area contributed by atoms with Gasteiger partial charge in [0.2, 0.25) is 5.91 Å². The van der Waals surface area contributed by atoms with Crippen LogP contribution < -0.4 is 4.72 Å². The van der Waals surface area contributed by atoms with Gasteiger partial charge in [0.1, 0.15) is 0 Å². The molecule has 0 aliphatic rings. The Hall–Kier alpha value is -0.870. The summed E-state index contributed by atoms with van der Waals surface area (Å²) in [5.41, 5.74) is 1.02. The van der Waals surface area contributed by atoms with Gasteiger partial charge in [-0.25, -0.2) is 0 Å². The van der Waals surface area contributed by atoms with E-state index < -0.39 is 10.2 Å². The second-order valence-corrected chi connectivity index (χ2v) is 7.79. The fourth-order valence-electron chi connectivity index (χ4n) is 1.27. The third kappa shape index (κ3) is 3.32. The number of hydrogen-bond donors (Lipinski definition) is 1. The van der Waals surface area contributed by atoms with Gasteiger partial charge in [0.25, 0.3) is 0 Å². The number of carbonyl (C=O) groups is 1. The van der Waals surface area contributed by atoms with Crippen molar-refractivity contribution in [2.45, 2.75) is 13.3 Å². The molecular weight excluding hydrogens is 238 g/mol. The predicted octanol–water partition coefficient (Wildman–Crippen LogP) is 2.87. The molecule has 4 heteroatoms. The Morgan fingerprint density at radius 3 is 2.38 bits per heavy atom. The van der Waals surface area contributed by atoms with Gasteiger partial charge in [0.05, 0.1) is 4.20 Å². The van der Waals surface area contributed by atoms with E-state index in [1.54, 1.807) is 0 Å². The molecule has 0 fully saturated rings. The van der Waals surface area contributed by atoms with Crippen LogP contribution in [0.5, 0.6) is 0 Å². The second-order valence-electron chi connectivity index (χ2n) is 3.86. The molecule has 0 atom stereocenters. The van der Waals surface area contributed by atoms with Crippen molar-refractivity contribution in [3.8, 4) is 0 Å². The van der Waals surface area contributed by atoms with Crippen LogP contribution in [0.2, 0.25) is 0 Å². The van der Waals surface area contributed by atoms with E-state index in [1.807, 2.05) is 49.8 Å². The fourth-order valence-corrected chi connectivity index (χ4v) is 3.06. The van der Waals surface area contributed by atoms with E-state index in [2.05, 4.69) is 4.72 Å². The molecule has 1 aromatic carbocycles. The summed E-state index contributed by atoms with van der Waals surface area (Å²) in [4.78, 5) is 11.4. The summed E-state index contributed by atoms with van der Waals surface area (Å²) < 4.78 is 3.85. The topological polar surface area (TPSA) is 29.1 Å². The molecule has 0 saturated carbocycles. The monoisotopic (exact) mass is 255 g/mol. The van der Waals surface area contributed by atoms with Crippen LogP contribution in [-0.4, -0.2) is 22.6 Å². The quantitative estimate of drug-likeness (QED) is 0.823. The van der Waals surface area contributed by atoms with Crippen molar-refractivity contribution in [2.75, 3.05) is 12.5 Å². The van der Waals surface area contributed by atoms with E-state index in [9.17, 15) is 4.79 Å². The van der Waals surface area contributed by atoms with Gasteiger partial charge in [0, 0.05) is 6.42 Å². The zero-order valence-electron chi connectivity index (χ0n) is 9.82. The number of nitrogens with one attached hydrogen (secondary N) is 1. The largest absolute Gasteiger partial charge is 0.314 e. The van der Waals surface area contributed by atoms with E-state index >= 15 is 0 Å². The summed E-state index contributed by atoms with van der Waals surface area (Å²) >= 11 is 5.45. The maximum atomic E-state index is 11.4. The summed E-state index contributed by atoms with van der Waals surface area (Å²) in [5, 5.41) is 0. The summed E-state index contributed by atoms with van der Waals surface area (Å²) in [6.45, 7) is 1.84. The van der Waals surface area contributed by atoms with Crippen molar-refractivity contribution in [2.24, 2.45) is 0 Å². The van der Waals surface area contributed by atoms with E-state index in [4.69, 9.17) is 12.2 Å². The first-order valence-corrected chi connectivity index (χ1v) is 7.96. The van der Waals surface area contributed by atoms with Crippen LogP contribution in [0.15, 0.2) is 30.3 Å². The molecule has 0 unspecified atom stereocenters. The molecule has 1 aromatic rings. The van der Waals surface area contributed by atoms with Crippen molar-refractivity contribution in [3.05, 3.63) is 35.9 Å². The standard InChI is InChI=1S/C12H17NOS2/c1-4-11(14)13-16(2,3)12(15)10-8-6-5-7-9-10/h5-9H,4H2,1-3H3,(H,13,14). The van der Waals surface area contributed by atoms with E-state index in [-0.39, 0.29) is 5.91 Å². The number of thiocarbonyl (C=S) groups is 1. The highest BCUT2D eigenvalue weighted by atomic mass is 32.3. The Morgan fingerprint density at radius 1 is 1.31 bits per heavy atom. The van der Waals surface area contributed by atoms with Crippen LogP contribution in [0, 0.1) is 0 Å². The lowest BCUT2D eigenvalue weighted by atomic mass is 10.2. The first-order valence-electron chi connectivity index (χ1n) is 5.10. The smallest absolute Gasteiger partial charge is 0.228 e. The van der Waals surface area contributed by atoms with Crippen LogP contribution in [0.4, 0.5) is 0 Å². The first kappa shape index (κ1) is 13.2.